The van der Waals surface area contributed by atoms with Gasteiger partial charge in [-0.3, -0.25) is 4.68 Å². The van der Waals surface area contributed by atoms with E-state index in [9.17, 15) is 0 Å². The van der Waals surface area contributed by atoms with E-state index >= 15 is 0 Å². The Balaban J connectivity index is 2.13. The number of fused-ring (bicyclic) bond motifs is 1. The lowest BCUT2D eigenvalue weighted by molar-refractivity contribution is 0.703. The van der Waals surface area contributed by atoms with Crippen molar-refractivity contribution in [3.8, 4) is 6.07 Å². The smallest absolute Gasteiger partial charge is 0.170 e. The summed E-state index contributed by atoms with van der Waals surface area (Å²) in [5.41, 5.74) is 2.13. The Bertz CT molecular complexity index is 773. The summed E-state index contributed by atoms with van der Waals surface area (Å²) in [4.78, 5) is 7.92. The number of halogens is 1. The molecule has 0 unspecified atom stereocenters. The number of rotatable bonds is 2. The molecule has 0 saturated heterocycles. The molecule has 0 atom stereocenters. The van der Waals surface area contributed by atoms with Crippen molar-refractivity contribution in [1.82, 2.24) is 19.7 Å². The molecular formula is C13H8ClN5. The molecule has 3 aromatic rings. The topological polar surface area (TPSA) is 67.4 Å². The van der Waals surface area contributed by atoms with Gasteiger partial charge in [-0.05, 0) is 18.2 Å². The summed E-state index contributed by atoms with van der Waals surface area (Å²) in [5, 5.41) is 14.8. The third-order valence-electron chi connectivity index (χ3n) is 2.77. The Morgan fingerprint density at radius 2 is 2.05 bits per heavy atom. The minimum atomic E-state index is 0.392. The van der Waals surface area contributed by atoms with E-state index in [1.54, 1.807) is 35.3 Å². The molecule has 0 bridgehead atoms. The molecule has 3 rings (SSSR count). The van der Waals surface area contributed by atoms with Gasteiger partial charge < -0.3 is 0 Å². The predicted octanol–water partition coefficient (Wildman–Crippen LogP) is 2.40. The van der Waals surface area contributed by atoms with Crippen LogP contribution in [-0.4, -0.2) is 19.7 Å². The summed E-state index contributed by atoms with van der Waals surface area (Å²) in [7, 11) is 0. The number of aromatic nitrogens is 4. The summed E-state index contributed by atoms with van der Waals surface area (Å²) in [6, 6.07) is 7.45. The van der Waals surface area contributed by atoms with Crippen molar-refractivity contribution >= 4 is 22.5 Å². The molecule has 6 heteroatoms. The predicted molar refractivity (Wildman–Crippen MR) is 70.6 cm³/mol. The molecule has 5 nitrogen and oxygen atoms in total. The van der Waals surface area contributed by atoms with Crippen LogP contribution in [-0.2, 0) is 6.54 Å². The summed E-state index contributed by atoms with van der Waals surface area (Å²) in [5.74, 6) is 0. The van der Waals surface area contributed by atoms with Crippen LogP contribution in [0.2, 0.25) is 5.02 Å². The van der Waals surface area contributed by atoms with E-state index in [4.69, 9.17) is 16.9 Å². The maximum Gasteiger partial charge on any atom is 0.170 e. The molecule has 2 heterocycles. The molecule has 0 aliphatic rings. The third kappa shape index (κ3) is 2.14. The molecule has 0 radical (unpaired) electrons. The van der Waals surface area contributed by atoms with Gasteiger partial charge in [-0.25, -0.2) is 9.97 Å². The van der Waals surface area contributed by atoms with E-state index in [1.165, 1.54) is 6.33 Å². The Kier molecular flexibility index (Phi) is 2.86. The Hall–Kier alpha value is -2.45. The van der Waals surface area contributed by atoms with Crippen molar-refractivity contribution < 1.29 is 0 Å². The second-order valence-corrected chi connectivity index (χ2v) is 4.46. The zero-order valence-corrected chi connectivity index (χ0v) is 10.5. The van der Waals surface area contributed by atoms with E-state index in [-0.39, 0.29) is 0 Å². The Labute approximate surface area is 114 Å². The minimum Gasteiger partial charge on any atom is -0.259 e. The number of nitriles is 1. The molecule has 0 fully saturated rings. The van der Waals surface area contributed by atoms with Crippen LogP contribution < -0.4 is 0 Å². The molecule has 0 aliphatic carbocycles. The first kappa shape index (κ1) is 11.6. The lowest BCUT2D eigenvalue weighted by Crippen LogP contribution is -2.02. The molecule has 2 aromatic heterocycles. The largest absolute Gasteiger partial charge is 0.259 e. The molecule has 92 valence electrons. The van der Waals surface area contributed by atoms with Crippen LogP contribution in [0.5, 0.6) is 0 Å². The van der Waals surface area contributed by atoms with Crippen LogP contribution in [0, 0.1) is 11.3 Å². The van der Waals surface area contributed by atoms with Gasteiger partial charge in [0.1, 0.15) is 12.4 Å². The van der Waals surface area contributed by atoms with E-state index in [1.807, 2.05) is 0 Å². The monoisotopic (exact) mass is 269 g/mol. The van der Waals surface area contributed by atoms with Crippen LogP contribution in [0.4, 0.5) is 0 Å². The molecule has 0 N–H and O–H groups in total. The van der Waals surface area contributed by atoms with Crippen LogP contribution >= 0.6 is 11.6 Å². The van der Waals surface area contributed by atoms with Gasteiger partial charge in [0.2, 0.25) is 0 Å². The second kappa shape index (κ2) is 4.67. The number of nitrogens with zero attached hydrogens (tertiary/aromatic N) is 5. The zero-order valence-electron chi connectivity index (χ0n) is 9.79. The highest BCUT2D eigenvalue weighted by molar-refractivity contribution is 6.31. The summed E-state index contributed by atoms with van der Waals surface area (Å²) in [6.07, 6.45) is 4.91. The lowest BCUT2D eigenvalue weighted by atomic mass is 10.2. The Morgan fingerprint density at radius 3 is 2.79 bits per heavy atom. The van der Waals surface area contributed by atoms with Gasteiger partial charge in [-0.1, -0.05) is 11.6 Å². The van der Waals surface area contributed by atoms with Crippen molar-refractivity contribution in [2.24, 2.45) is 0 Å². The summed E-state index contributed by atoms with van der Waals surface area (Å²) >= 11 is 6.00. The fraction of sp³-hybridized carbons (Fsp3) is 0.0769. The van der Waals surface area contributed by atoms with Crippen LogP contribution in [0.25, 0.3) is 10.9 Å². The van der Waals surface area contributed by atoms with Crippen LogP contribution in [0.3, 0.4) is 0 Å². The molecule has 0 spiro atoms. The number of benzene rings is 1. The maximum absolute atomic E-state index is 9.10. The lowest BCUT2D eigenvalue weighted by Gasteiger charge is -2.02. The highest BCUT2D eigenvalue weighted by Crippen LogP contribution is 2.22. The van der Waals surface area contributed by atoms with Gasteiger partial charge in [0.05, 0.1) is 12.1 Å². The molecular weight excluding hydrogens is 262 g/mol. The summed E-state index contributed by atoms with van der Waals surface area (Å²) < 4.78 is 1.73. The maximum atomic E-state index is 9.10. The molecule has 1 aromatic carbocycles. The average molecular weight is 270 g/mol. The second-order valence-electron chi connectivity index (χ2n) is 4.03. The van der Waals surface area contributed by atoms with E-state index < -0.39 is 0 Å². The molecule has 0 amide bonds. The SMILES string of the molecule is N#Cc1nn(Cc2cncnc2)c2cc(Cl)ccc12. The first-order valence-corrected chi connectivity index (χ1v) is 5.96. The number of hydrogen-bond acceptors (Lipinski definition) is 4. The highest BCUT2D eigenvalue weighted by atomic mass is 35.5. The van der Waals surface area contributed by atoms with Gasteiger partial charge in [-0.15, -0.1) is 0 Å². The third-order valence-corrected chi connectivity index (χ3v) is 3.00. The van der Waals surface area contributed by atoms with E-state index in [0.29, 0.717) is 17.3 Å². The standard InChI is InChI=1S/C13H8ClN5/c14-10-1-2-11-12(4-15)18-19(13(11)3-10)7-9-5-16-8-17-6-9/h1-3,5-6,8H,7H2. The molecule has 0 aliphatic heterocycles. The average Bonchev–Trinajstić information content (AvgIpc) is 2.77. The van der Waals surface area contributed by atoms with Gasteiger partial charge in [0.25, 0.3) is 0 Å². The van der Waals surface area contributed by atoms with E-state index in [2.05, 4.69) is 21.1 Å². The van der Waals surface area contributed by atoms with Crippen molar-refractivity contribution in [3.05, 3.63) is 53.2 Å². The van der Waals surface area contributed by atoms with Crippen molar-refractivity contribution in [1.29, 1.82) is 5.26 Å². The zero-order chi connectivity index (χ0) is 13.2. The fourth-order valence-electron chi connectivity index (χ4n) is 1.93. The van der Waals surface area contributed by atoms with Gasteiger partial charge in [-0.2, -0.15) is 10.4 Å². The van der Waals surface area contributed by atoms with Crippen molar-refractivity contribution in [2.45, 2.75) is 6.54 Å². The molecule has 0 saturated carbocycles. The first-order valence-electron chi connectivity index (χ1n) is 5.58. The van der Waals surface area contributed by atoms with Crippen molar-refractivity contribution in [2.75, 3.05) is 0 Å². The Morgan fingerprint density at radius 1 is 1.26 bits per heavy atom. The summed E-state index contributed by atoms with van der Waals surface area (Å²) in [6.45, 7) is 0.499. The minimum absolute atomic E-state index is 0.392. The normalized spacial score (nSPS) is 10.5. The van der Waals surface area contributed by atoms with Crippen LogP contribution in [0.15, 0.2) is 36.9 Å². The van der Waals surface area contributed by atoms with Gasteiger partial charge >= 0.3 is 0 Å². The highest BCUT2D eigenvalue weighted by Gasteiger charge is 2.10. The fourth-order valence-corrected chi connectivity index (χ4v) is 2.10. The van der Waals surface area contributed by atoms with Crippen molar-refractivity contribution in [3.63, 3.8) is 0 Å². The van der Waals surface area contributed by atoms with Gasteiger partial charge in [0, 0.05) is 28.4 Å². The molecule has 19 heavy (non-hydrogen) atoms. The number of hydrogen-bond donors (Lipinski definition) is 0. The van der Waals surface area contributed by atoms with Gasteiger partial charge in [0.15, 0.2) is 5.69 Å². The van der Waals surface area contributed by atoms with Crippen LogP contribution in [0.1, 0.15) is 11.3 Å². The first-order chi connectivity index (χ1) is 9.28. The van der Waals surface area contributed by atoms with E-state index in [0.717, 1.165) is 16.5 Å². The quantitative estimate of drug-likeness (QED) is 0.716.